The lowest BCUT2D eigenvalue weighted by Crippen LogP contribution is -2.39. The first-order valence-corrected chi connectivity index (χ1v) is 6.34. The Morgan fingerprint density at radius 2 is 2.21 bits per heavy atom. The largest absolute Gasteiger partial charge is 0.380 e. The van der Waals surface area contributed by atoms with Crippen molar-refractivity contribution in [1.29, 1.82) is 0 Å². The summed E-state index contributed by atoms with van der Waals surface area (Å²) in [7, 11) is 1.92. The number of halogens is 1. The molecular weight excluding hydrogens is 357 g/mol. The number of aryl methyl sites for hydroxylation is 1. The van der Waals surface area contributed by atoms with E-state index in [4.69, 9.17) is 4.74 Å². The minimum atomic E-state index is 0. The van der Waals surface area contributed by atoms with E-state index >= 15 is 0 Å². The number of aliphatic imine (C=N–C) groups is 1. The van der Waals surface area contributed by atoms with E-state index in [9.17, 15) is 0 Å². The summed E-state index contributed by atoms with van der Waals surface area (Å²) in [5.74, 6) is 0.804. The number of ether oxygens (including phenoxy) is 1. The van der Waals surface area contributed by atoms with Gasteiger partial charge in [-0.15, -0.1) is 24.0 Å². The fraction of sp³-hybridized carbons (Fsp3) is 0.667. The first-order valence-electron chi connectivity index (χ1n) is 6.34. The van der Waals surface area contributed by atoms with Gasteiger partial charge in [-0.3, -0.25) is 4.68 Å². The molecule has 7 heteroatoms. The third-order valence-corrected chi connectivity index (χ3v) is 2.41. The average molecular weight is 381 g/mol. The van der Waals surface area contributed by atoms with Crippen LogP contribution in [0.1, 0.15) is 19.5 Å². The van der Waals surface area contributed by atoms with Crippen molar-refractivity contribution in [2.24, 2.45) is 12.0 Å². The smallest absolute Gasteiger partial charge is 0.191 e. The van der Waals surface area contributed by atoms with Gasteiger partial charge in [-0.25, -0.2) is 4.99 Å². The number of guanidine groups is 1. The Bertz CT molecular complexity index is 367. The second-order valence-corrected chi connectivity index (χ2v) is 3.77. The second kappa shape index (κ2) is 11.0. The SMILES string of the molecule is CCNC(=NCc1ccnn1C)NCCOCC.I. The number of hydrogen-bond donors (Lipinski definition) is 2. The number of nitrogens with one attached hydrogen (secondary N) is 2. The van der Waals surface area contributed by atoms with E-state index in [2.05, 4.69) is 20.7 Å². The van der Waals surface area contributed by atoms with Crippen LogP contribution in [0.5, 0.6) is 0 Å². The molecule has 0 unspecified atom stereocenters. The molecule has 0 aromatic carbocycles. The monoisotopic (exact) mass is 381 g/mol. The van der Waals surface area contributed by atoms with Gasteiger partial charge in [0.15, 0.2) is 5.96 Å². The van der Waals surface area contributed by atoms with E-state index in [1.165, 1.54) is 0 Å². The van der Waals surface area contributed by atoms with Crippen molar-refractivity contribution in [3.8, 4) is 0 Å². The third kappa shape index (κ3) is 7.36. The van der Waals surface area contributed by atoms with Crippen LogP contribution < -0.4 is 10.6 Å². The zero-order chi connectivity index (χ0) is 13.2. The molecule has 1 rings (SSSR count). The molecule has 19 heavy (non-hydrogen) atoms. The van der Waals surface area contributed by atoms with Crippen molar-refractivity contribution in [3.63, 3.8) is 0 Å². The van der Waals surface area contributed by atoms with Crippen molar-refractivity contribution >= 4 is 29.9 Å². The van der Waals surface area contributed by atoms with E-state index in [0.29, 0.717) is 13.2 Å². The Labute approximate surface area is 132 Å². The van der Waals surface area contributed by atoms with Gasteiger partial charge in [0, 0.05) is 32.9 Å². The quantitative estimate of drug-likeness (QED) is 0.322. The van der Waals surface area contributed by atoms with Crippen molar-refractivity contribution < 1.29 is 4.74 Å². The topological polar surface area (TPSA) is 63.5 Å². The van der Waals surface area contributed by atoms with Crippen molar-refractivity contribution in [1.82, 2.24) is 20.4 Å². The molecule has 0 aliphatic heterocycles. The number of rotatable bonds is 7. The van der Waals surface area contributed by atoms with Crippen LogP contribution in [0.15, 0.2) is 17.3 Å². The van der Waals surface area contributed by atoms with Crippen molar-refractivity contribution in [2.45, 2.75) is 20.4 Å². The lowest BCUT2D eigenvalue weighted by atomic mass is 10.4. The molecule has 1 aromatic rings. The predicted molar refractivity (Wildman–Crippen MR) is 87.9 cm³/mol. The molecular formula is C12H24IN5O. The average Bonchev–Trinajstić information content (AvgIpc) is 2.77. The lowest BCUT2D eigenvalue weighted by molar-refractivity contribution is 0.152. The molecule has 0 saturated heterocycles. The van der Waals surface area contributed by atoms with Crippen LogP contribution in [0.2, 0.25) is 0 Å². The molecule has 0 spiro atoms. The molecule has 0 amide bonds. The Balaban J connectivity index is 0.00000324. The molecule has 0 bridgehead atoms. The summed E-state index contributed by atoms with van der Waals surface area (Å²) in [4.78, 5) is 4.49. The van der Waals surface area contributed by atoms with Crippen LogP contribution in [-0.2, 0) is 18.3 Å². The summed E-state index contributed by atoms with van der Waals surface area (Å²) in [6.07, 6.45) is 1.78. The first kappa shape index (κ1) is 18.2. The van der Waals surface area contributed by atoms with Crippen molar-refractivity contribution in [2.75, 3.05) is 26.3 Å². The van der Waals surface area contributed by atoms with E-state index in [-0.39, 0.29) is 24.0 Å². The highest BCUT2D eigenvalue weighted by Crippen LogP contribution is 1.97. The minimum Gasteiger partial charge on any atom is -0.380 e. The number of nitrogens with zero attached hydrogens (tertiary/aromatic N) is 3. The third-order valence-electron chi connectivity index (χ3n) is 2.41. The second-order valence-electron chi connectivity index (χ2n) is 3.77. The van der Waals surface area contributed by atoms with Crippen LogP contribution in [0.25, 0.3) is 0 Å². The highest BCUT2D eigenvalue weighted by molar-refractivity contribution is 14.0. The normalized spacial score (nSPS) is 11.0. The van der Waals surface area contributed by atoms with Gasteiger partial charge < -0.3 is 15.4 Å². The molecule has 2 N–H and O–H groups in total. The molecule has 1 aromatic heterocycles. The van der Waals surface area contributed by atoms with E-state index in [0.717, 1.165) is 31.3 Å². The van der Waals surface area contributed by atoms with Crippen LogP contribution in [0.3, 0.4) is 0 Å². The fourth-order valence-corrected chi connectivity index (χ4v) is 1.44. The predicted octanol–water partition coefficient (Wildman–Crippen LogP) is 1.13. The van der Waals surface area contributed by atoms with E-state index in [1.807, 2.05) is 31.6 Å². The summed E-state index contributed by atoms with van der Waals surface area (Å²) in [6, 6.07) is 1.97. The van der Waals surface area contributed by atoms with Gasteiger partial charge >= 0.3 is 0 Å². The molecule has 0 atom stereocenters. The lowest BCUT2D eigenvalue weighted by Gasteiger charge is -2.11. The first-order chi connectivity index (χ1) is 8.77. The van der Waals surface area contributed by atoms with Crippen molar-refractivity contribution in [3.05, 3.63) is 18.0 Å². The van der Waals surface area contributed by atoms with Gasteiger partial charge in [0.1, 0.15) is 0 Å². The molecule has 0 fully saturated rings. The molecule has 0 radical (unpaired) electrons. The standard InChI is InChI=1S/C12H23N5O.HI/c1-4-13-12(14-8-9-18-5-2)15-10-11-6-7-16-17(11)3;/h6-7H,4-5,8-10H2,1-3H3,(H2,13,14,15);1H. The molecule has 1 heterocycles. The summed E-state index contributed by atoms with van der Waals surface area (Å²) in [5, 5.41) is 10.5. The maximum atomic E-state index is 5.27. The Morgan fingerprint density at radius 3 is 2.79 bits per heavy atom. The maximum absolute atomic E-state index is 5.27. The van der Waals surface area contributed by atoms with Gasteiger partial charge in [0.25, 0.3) is 0 Å². The van der Waals surface area contributed by atoms with Gasteiger partial charge in [0.05, 0.1) is 18.8 Å². The van der Waals surface area contributed by atoms with Crippen LogP contribution in [-0.4, -0.2) is 42.0 Å². The van der Waals surface area contributed by atoms with Crippen LogP contribution in [0, 0.1) is 0 Å². The molecule has 0 aliphatic rings. The van der Waals surface area contributed by atoms with E-state index in [1.54, 1.807) is 6.20 Å². The zero-order valence-corrected chi connectivity index (χ0v) is 14.2. The highest BCUT2D eigenvalue weighted by atomic mass is 127. The summed E-state index contributed by atoms with van der Waals surface area (Å²) < 4.78 is 7.10. The summed E-state index contributed by atoms with van der Waals surface area (Å²) in [5.41, 5.74) is 1.08. The Kier molecular flexibility index (Phi) is 10.6. The fourth-order valence-electron chi connectivity index (χ4n) is 1.44. The maximum Gasteiger partial charge on any atom is 0.191 e. The molecule has 0 saturated carbocycles. The zero-order valence-electron chi connectivity index (χ0n) is 11.8. The Morgan fingerprint density at radius 1 is 1.42 bits per heavy atom. The van der Waals surface area contributed by atoms with Gasteiger partial charge in [0.2, 0.25) is 0 Å². The summed E-state index contributed by atoms with van der Waals surface area (Å²) in [6.45, 7) is 7.67. The molecule has 110 valence electrons. The van der Waals surface area contributed by atoms with Gasteiger partial charge in [-0.05, 0) is 19.9 Å². The molecule has 6 nitrogen and oxygen atoms in total. The minimum absolute atomic E-state index is 0. The van der Waals surface area contributed by atoms with Gasteiger partial charge in [-0.2, -0.15) is 5.10 Å². The molecule has 0 aliphatic carbocycles. The van der Waals surface area contributed by atoms with Crippen LogP contribution >= 0.6 is 24.0 Å². The highest BCUT2D eigenvalue weighted by Gasteiger charge is 1.99. The summed E-state index contributed by atoms with van der Waals surface area (Å²) >= 11 is 0. The van der Waals surface area contributed by atoms with Gasteiger partial charge in [-0.1, -0.05) is 0 Å². The Hall–Kier alpha value is -0.830. The van der Waals surface area contributed by atoms with E-state index < -0.39 is 0 Å². The number of aromatic nitrogens is 2. The number of hydrogen-bond acceptors (Lipinski definition) is 3. The van der Waals surface area contributed by atoms with Crippen LogP contribution in [0.4, 0.5) is 0 Å².